The van der Waals surface area contributed by atoms with Gasteiger partial charge in [0.05, 0.1) is 0 Å². The van der Waals surface area contributed by atoms with Gasteiger partial charge < -0.3 is 0 Å². The van der Waals surface area contributed by atoms with E-state index in [4.69, 9.17) is 0 Å². The average molecular weight is 731 g/mol. The molecule has 0 amide bonds. The maximum atomic E-state index is 2.49. The molecule has 1 aromatic heterocycles. The first-order valence-electron chi connectivity index (χ1n) is 19.9. The maximum Gasteiger partial charge on any atom is 0.0362 e. The Kier molecular flexibility index (Phi) is 6.78. The Morgan fingerprint density at radius 3 is 2.00 bits per heavy atom. The molecule has 0 N–H and O–H groups in total. The zero-order valence-electron chi connectivity index (χ0n) is 31.4. The van der Waals surface area contributed by atoms with E-state index in [9.17, 15) is 0 Å². The molecule has 264 valence electrons. The van der Waals surface area contributed by atoms with E-state index in [-0.39, 0.29) is 5.41 Å². The Labute approximate surface area is 331 Å². The summed E-state index contributed by atoms with van der Waals surface area (Å²) >= 11 is 1.91. The van der Waals surface area contributed by atoms with Gasteiger partial charge in [0.1, 0.15) is 0 Å². The first kappa shape index (κ1) is 32.0. The highest BCUT2D eigenvalue weighted by Gasteiger charge is 2.37. The minimum absolute atomic E-state index is 0.0953. The quantitative estimate of drug-likeness (QED) is 0.159. The molecule has 0 saturated heterocycles. The summed E-state index contributed by atoms with van der Waals surface area (Å²) < 4.78 is 2.71. The SMILES string of the molecule is CC1(C)c2ccc(-c3cccc(-c4c5ccccc5c(C5=CC=C6C=CC=CC6C5)c5ccccc45)c3)cc2-c2c1ccc1ccc3sc4ccccc4c3c21. The van der Waals surface area contributed by atoms with Gasteiger partial charge in [-0.25, -0.2) is 0 Å². The Bertz CT molecular complexity index is 3240. The molecule has 1 heterocycles. The second-order valence-corrected chi connectivity index (χ2v) is 17.4. The number of hydrogen-bond acceptors (Lipinski definition) is 1. The summed E-state index contributed by atoms with van der Waals surface area (Å²) in [4.78, 5) is 0. The molecule has 12 rings (SSSR count). The fourth-order valence-electron chi connectivity index (χ4n) is 10.3. The van der Waals surface area contributed by atoms with Crippen LogP contribution in [0.15, 0.2) is 182 Å². The Morgan fingerprint density at radius 2 is 1.20 bits per heavy atom. The number of fused-ring (bicyclic) bond motifs is 12. The van der Waals surface area contributed by atoms with E-state index in [1.807, 2.05) is 11.3 Å². The number of allylic oxidation sites excluding steroid dienone is 8. The highest BCUT2D eigenvalue weighted by atomic mass is 32.1. The predicted octanol–water partition coefficient (Wildman–Crippen LogP) is 15.6. The summed E-state index contributed by atoms with van der Waals surface area (Å²) in [5.74, 6) is 0.423. The fraction of sp³-hybridized carbons (Fsp3) is 0.0909. The van der Waals surface area contributed by atoms with E-state index in [2.05, 4.69) is 190 Å². The lowest BCUT2D eigenvalue weighted by Crippen LogP contribution is -2.14. The summed E-state index contributed by atoms with van der Waals surface area (Å²) in [6.45, 7) is 4.80. The molecule has 0 spiro atoms. The smallest absolute Gasteiger partial charge is 0.0362 e. The lowest BCUT2D eigenvalue weighted by atomic mass is 9.78. The standard InChI is InChI=1S/C55H38S/c1-55(2)46-27-25-37(32-45(46)53-47(55)28-24-34-26-29-49-54(52(34)53)44-20-9-10-21-48(44)56-49)36-14-11-15-38(31-36)50-40-16-5-7-18-42(40)51(43-19-8-6-17-41(43)50)39-23-22-33-12-3-4-13-35(33)30-39/h3-29,31-32,35H,30H2,1-2H3. The van der Waals surface area contributed by atoms with Gasteiger partial charge in [-0.3, -0.25) is 0 Å². The van der Waals surface area contributed by atoms with E-state index >= 15 is 0 Å². The molecule has 0 saturated carbocycles. The second-order valence-electron chi connectivity index (χ2n) is 16.3. The van der Waals surface area contributed by atoms with E-state index < -0.39 is 0 Å². The number of thiophene rings is 1. The fourth-order valence-corrected chi connectivity index (χ4v) is 11.5. The Balaban J connectivity index is 1.05. The van der Waals surface area contributed by atoms with Crippen LogP contribution in [-0.2, 0) is 5.41 Å². The molecule has 8 aromatic carbocycles. The molecule has 1 atom stereocenters. The first-order chi connectivity index (χ1) is 27.5. The van der Waals surface area contributed by atoms with E-state index in [0.29, 0.717) is 5.92 Å². The molecule has 1 unspecified atom stereocenters. The normalized spacial score (nSPS) is 16.7. The van der Waals surface area contributed by atoms with Gasteiger partial charge in [-0.1, -0.05) is 166 Å². The maximum absolute atomic E-state index is 2.49. The number of benzene rings is 8. The molecular formula is C55H38S. The number of rotatable bonds is 3. The van der Waals surface area contributed by atoms with Crippen LogP contribution < -0.4 is 0 Å². The van der Waals surface area contributed by atoms with Crippen molar-refractivity contribution in [2.24, 2.45) is 5.92 Å². The van der Waals surface area contributed by atoms with Crippen LogP contribution in [0.1, 0.15) is 37.0 Å². The van der Waals surface area contributed by atoms with Crippen molar-refractivity contribution in [2.75, 3.05) is 0 Å². The third-order valence-electron chi connectivity index (χ3n) is 13.0. The molecule has 9 aromatic rings. The zero-order chi connectivity index (χ0) is 37.1. The van der Waals surface area contributed by atoms with Gasteiger partial charge in [-0.2, -0.15) is 0 Å². The van der Waals surface area contributed by atoms with Crippen LogP contribution in [0.4, 0.5) is 0 Å². The largest absolute Gasteiger partial charge is 0.135 e. The molecular weight excluding hydrogens is 693 g/mol. The van der Waals surface area contributed by atoms with E-state index in [0.717, 1.165) is 6.42 Å². The van der Waals surface area contributed by atoms with Crippen LogP contribution in [0.25, 0.3) is 91.4 Å². The average Bonchev–Trinajstić information content (AvgIpc) is 3.74. The minimum atomic E-state index is -0.0953. The van der Waals surface area contributed by atoms with Gasteiger partial charge in [0.2, 0.25) is 0 Å². The van der Waals surface area contributed by atoms with Crippen LogP contribution in [0, 0.1) is 5.92 Å². The molecule has 0 radical (unpaired) electrons. The topological polar surface area (TPSA) is 0 Å². The Hall–Kier alpha value is -6.28. The van der Waals surface area contributed by atoms with Gasteiger partial charge in [0, 0.05) is 31.5 Å². The summed E-state index contributed by atoms with van der Waals surface area (Å²) in [7, 11) is 0. The van der Waals surface area contributed by atoms with Crippen LogP contribution in [0.2, 0.25) is 0 Å². The molecule has 3 aliphatic rings. The molecule has 3 aliphatic carbocycles. The molecule has 56 heavy (non-hydrogen) atoms. The van der Waals surface area contributed by atoms with Crippen LogP contribution >= 0.6 is 11.3 Å². The van der Waals surface area contributed by atoms with Crippen molar-refractivity contribution in [1.82, 2.24) is 0 Å². The highest BCUT2D eigenvalue weighted by molar-refractivity contribution is 7.26. The third-order valence-corrected chi connectivity index (χ3v) is 14.1. The summed E-state index contributed by atoms with van der Waals surface area (Å²) in [5.41, 5.74) is 14.7. The van der Waals surface area contributed by atoms with Crippen LogP contribution in [0.3, 0.4) is 0 Å². The number of hydrogen-bond donors (Lipinski definition) is 0. The van der Waals surface area contributed by atoms with Crippen molar-refractivity contribution in [3.63, 3.8) is 0 Å². The van der Waals surface area contributed by atoms with Crippen molar-refractivity contribution < 1.29 is 0 Å². The van der Waals surface area contributed by atoms with Gasteiger partial charge in [-0.05, 0) is 124 Å². The summed E-state index contributed by atoms with van der Waals surface area (Å²) in [6.07, 6.45) is 14.7. The van der Waals surface area contributed by atoms with Gasteiger partial charge in [0.15, 0.2) is 0 Å². The predicted molar refractivity (Wildman–Crippen MR) is 243 cm³/mol. The van der Waals surface area contributed by atoms with Crippen LogP contribution in [-0.4, -0.2) is 0 Å². The lowest BCUT2D eigenvalue weighted by Gasteiger charge is -2.25. The summed E-state index contributed by atoms with van der Waals surface area (Å²) in [6, 6.07) is 53.0. The Morgan fingerprint density at radius 1 is 0.518 bits per heavy atom. The van der Waals surface area contributed by atoms with E-state index in [1.54, 1.807) is 0 Å². The second kappa shape index (κ2) is 11.9. The van der Waals surface area contributed by atoms with Crippen molar-refractivity contribution in [2.45, 2.75) is 25.7 Å². The minimum Gasteiger partial charge on any atom is -0.135 e. The summed E-state index contributed by atoms with van der Waals surface area (Å²) in [5, 5.41) is 10.7. The monoisotopic (exact) mass is 730 g/mol. The third kappa shape index (κ3) is 4.53. The first-order valence-corrected chi connectivity index (χ1v) is 20.7. The van der Waals surface area contributed by atoms with Gasteiger partial charge in [-0.15, -0.1) is 11.3 Å². The van der Waals surface area contributed by atoms with Crippen molar-refractivity contribution >= 4 is 69.4 Å². The van der Waals surface area contributed by atoms with Crippen LogP contribution in [0.5, 0.6) is 0 Å². The lowest BCUT2D eigenvalue weighted by molar-refractivity contribution is 0.661. The molecule has 0 bridgehead atoms. The van der Waals surface area contributed by atoms with Gasteiger partial charge in [0.25, 0.3) is 0 Å². The van der Waals surface area contributed by atoms with E-state index in [1.165, 1.54) is 114 Å². The van der Waals surface area contributed by atoms with Crippen molar-refractivity contribution in [3.8, 4) is 33.4 Å². The van der Waals surface area contributed by atoms with Gasteiger partial charge >= 0.3 is 0 Å². The molecule has 1 heteroatoms. The zero-order valence-corrected chi connectivity index (χ0v) is 32.3. The van der Waals surface area contributed by atoms with Crippen molar-refractivity contribution in [3.05, 3.63) is 198 Å². The molecule has 0 aliphatic heterocycles. The van der Waals surface area contributed by atoms with Crippen molar-refractivity contribution in [1.29, 1.82) is 0 Å². The molecule has 0 nitrogen and oxygen atoms in total. The molecule has 0 fully saturated rings. The highest BCUT2D eigenvalue weighted by Crippen LogP contribution is 2.55.